The summed E-state index contributed by atoms with van der Waals surface area (Å²) in [6, 6.07) is 13.2. The van der Waals surface area contributed by atoms with Gasteiger partial charge >= 0.3 is 0 Å². The maximum absolute atomic E-state index is 13.7. The highest BCUT2D eigenvalue weighted by Crippen LogP contribution is 2.43. The minimum atomic E-state index is -0.415. The van der Waals surface area contributed by atoms with Crippen molar-refractivity contribution in [2.24, 2.45) is 0 Å². The molecule has 0 radical (unpaired) electrons. The van der Waals surface area contributed by atoms with E-state index in [9.17, 15) is 4.79 Å². The number of methoxy groups -OCH3 is 2. The van der Waals surface area contributed by atoms with Crippen LogP contribution in [0, 0.1) is 0 Å². The smallest absolute Gasteiger partial charge is 0.253 e. The third kappa shape index (κ3) is 3.40. The molecule has 0 unspecified atom stereocenters. The molecule has 0 aliphatic carbocycles. The molecule has 7 nitrogen and oxygen atoms in total. The molecule has 3 aromatic rings. The van der Waals surface area contributed by atoms with Crippen LogP contribution >= 0.6 is 0 Å². The molecule has 0 saturated carbocycles. The Morgan fingerprint density at radius 1 is 1.13 bits per heavy atom. The van der Waals surface area contributed by atoms with Crippen LogP contribution in [0.5, 0.6) is 11.5 Å². The highest BCUT2D eigenvalue weighted by Gasteiger charge is 2.37. The van der Waals surface area contributed by atoms with Gasteiger partial charge in [-0.3, -0.25) is 9.36 Å². The first kappa shape index (κ1) is 20.8. The van der Waals surface area contributed by atoms with E-state index < -0.39 is 6.04 Å². The number of aromatic nitrogens is 2. The Morgan fingerprint density at radius 2 is 1.87 bits per heavy atom. The van der Waals surface area contributed by atoms with Crippen molar-refractivity contribution in [2.75, 3.05) is 32.6 Å². The zero-order valence-corrected chi connectivity index (χ0v) is 18.6. The molecule has 1 aliphatic rings. The lowest BCUT2D eigenvalue weighted by Crippen LogP contribution is -2.38. The van der Waals surface area contributed by atoms with Crippen LogP contribution in [0.1, 0.15) is 32.4 Å². The minimum Gasteiger partial charge on any atom is -0.497 e. The Balaban J connectivity index is 2.03. The van der Waals surface area contributed by atoms with E-state index in [0.29, 0.717) is 36.1 Å². The van der Waals surface area contributed by atoms with Crippen LogP contribution in [0.15, 0.2) is 53.7 Å². The summed E-state index contributed by atoms with van der Waals surface area (Å²) in [6.07, 6.45) is 0. The maximum Gasteiger partial charge on any atom is 0.253 e. The molecule has 31 heavy (non-hydrogen) atoms. The molecule has 1 aliphatic heterocycles. The van der Waals surface area contributed by atoms with E-state index in [4.69, 9.17) is 14.5 Å². The Kier molecular flexibility index (Phi) is 5.59. The third-order valence-electron chi connectivity index (χ3n) is 5.84. The normalized spacial score (nSPS) is 15.5. The lowest BCUT2D eigenvalue weighted by Gasteiger charge is -2.33. The number of para-hydroxylation sites is 2. The molecule has 0 bridgehead atoms. The summed E-state index contributed by atoms with van der Waals surface area (Å²) in [7, 11) is 3.27. The molecule has 0 saturated heterocycles. The number of amides is 1. The Bertz CT molecular complexity index is 1160. The minimum absolute atomic E-state index is 0.00620. The van der Waals surface area contributed by atoms with E-state index >= 15 is 0 Å². The van der Waals surface area contributed by atoms with Crippen LogP contribution in [0.3, 0.4) is 0 Å². The molecule has 0 fully saturated rings. The van der Waals surface area contributed by atoms with Gasteiger partial charge in [-0.2, -0.15) is 0 Å². The van der Waals surface area contributed by atoms with Crippen molar-refractivity contribution in [2.45, 2.75) is 26.8 Å². The van der Waals surface area contributed by atoms with Crippen molar-refractivity contribution in [3.63, 3.8) is 0 Å². The van der Waals surface area contributed by atoms with Gasteiger partial charge in [0.05, 0.1) is 36.9 Å². The van der Waals surface area contributed by atoms with Crippen molar-refractivity contribution in [1.82, 2.24) is 14.5 Å². The van der Waals surface area contributed by atoms with Gasteiger partial charge < -0.3 is 19.7 Å². The zero-order valence-electron chi connectivity index (χ0n) is 18.6. The lowest BCUT2D eigenvalue weighted by atomic mass is 9.93. The summed E-state index contributed by atoms with van der Waals surface area (Å²) in [5, 5.41) is 3.36. The number of allylic oxidation sites excluding steroid dienone is 1. The van der Waals surface area contributed by atoms with Crippen molar-refractivity contribution in [3.05, 3.63) is 59.3 Å². The number of nitrogens with one attached hydrogen (secondary N) is 1. The average Bonchev–Trinajstić information content (AvgIpc) is 3.16. The summed E-state index contributed by atoms with van der Waals surface area (Å²) >= 11 is 0. The predicted molar refractivity (Wildman–Crippen MR) is 122 cm³/mol. The van der Waals surface area contributed by atoms with E-state index in [1.807, 2.05) is 68.1 Å². The van der Waals surface area contributed by atoms with E-state index in [1.165, 1.54) is 0 Å². The standard InChI is InChI=1S/C24H28N4O3/c1-6-27(7-2)23(29)21-15(3)25-24-26-18-10-8-9-11-19(18)28(24)22(21)17-14-16(30-4)12-13-20(17)31-5/h8-14,22H,6-7H2,1-5H3,(H,25,26)/t22-/m1/s1. The van der Waals surface area contributed by atoms with E-state index in [0.717, 1.165) is 22.3 Å². The summed E-state index contributed by atoms with van der Waals surface area (Å²) in [4.78, 5) is 20.3. The number of imidazole rings is 1. The molecule has 4 rings (SSSR count). The van der Waals surface area contributed by atoms with Crippen molar-refractivity contribution in [3.8, 4) is 11.5 Å². The number of hydrogen-bond acceptors (Lipinski definition) is 5. The highest BCUT2D eigenvalue weighted by atomic mass is 16.5. The molecule has 2 aromatic carbocycles. The fourth-order valence-corrected chi connectivity index (χ4v) is 4.27. The molecular formula is C24H28N4O3. The zero-order chi connectivity index (χ0) is 22.1. The van der Waals surface area contributed by atoms with Crippen molar-refractivity contribution >= 4 is 22.9 Å². The van der Waals surface area contributed by atoms with E-state index in [1.54, 1.807) is 14.2 Å². The predicted octanol–water partition coefficient (Wildman–Crippen LogP) is 4.21. The molecule has 1 atom stereocenters. The third-order valence-corrected chi connectivity index (χ3v) is 5.84. The Hall–Kier alpha value is -3.48. The van der Waals surface area contributed by atoms with E-state index in [2.05, 4.69) is 9.88 Å². The summed E-state index contributed by atoms with van der Waals surface area (Å²) in [5.41, 5.74) is 4.11. The summed E-state index contributed by atoms with van der Waals surface area (Å²) < 4.78 is 13.3. The quantitative estimate of drug-likeness (QED) is 0.647. The fourth-order valence-electron chi connectivity index (χ4n) is 4.27. The number of anilines is 1. The van der Waals surface area contributed by atoms with Gasteiger partial charge in [0.25, 0.3) is 5.91 Å². The molecule has 1 aromatic heterocycles. The number of rotatable bonds is 6. The number of likely N-dealkylation sites (N-methyl/N-ethyl adjacent to an activating group) is 1. The second-order valence-corrected chi connectivity index (χ2v) is 7.45. The van der Waals surface area contributed by atoms with Crippen LogP contribution < -0.4 is 14.8 Å². The first-order chi connectivity index (χ1) is 15.0. The fraction of sp³-hybridized carbons (Fsp3) is 0.333. The van der Waals surface area contributed by atoms with Gasteiger partial charge in [0, 0.05) is 24.4 Å². The topological polar surface area (TPSA) is 68.6 Å². The first-order valence-corrected chi connectivity index (χ1v) is 10.5. The molecule has 0 spiro atoms. The van der Waals surface area contributed by atoms with Gasteiger partial charge in [0.2, 0.25) is 5.95 Å². The van der Waals surface area contributed by atoms with E-state index in [-0.39, 0.29) is 5.91 Å². The number of nitrogens with zero attached hydrogens (tertiary/aromatic N) is 3. The van der Waals surface area contributed by atoms with Crippen LogP contribution in [0.2, 0.25) is 0 Å². The summed E-state index contributed by atoms with van der Waals surface area (Å²) in [5.74, 6) is 2.08. The first-order valence-electron chi connectivity index (χ1n) is 10.5. The second-order valence-electron chi connectivity index (χ2n) is 7.45. The highest BCUT2D eigenvalue weighted by molar-refractivity contribution is 5.98. The molecule has 1 amide bonds. The Morgan fingerprint density at radius 3 is 2.55 bits per heavy atom. The lowest BCUT2D eigenvalue weighted by molar-refractivity contribution is -0.127. The van der Waals surface area contributed by atoms with Crippen LogP contribution in [0.4, 0.5) is 5.95 Å². The number of fused-ring (bicyclic) bond motifs is 3. The number of carbonyl (C=O) groups is 1. The second kappa shape index (κ2) is 8.34. The molecule has 1 N–H and O–H groups in total. The number of hydrogen-bond donors (Lipinski definition) is 1. The summed E-state index contributed by atoms with van der Waals surface area (Å²) in [6.45, 7) is 7.18. The molecule has 162 valence electrons. The van der Waals surface area contributed by atoms with Gasteiger partial charge in [-0.05, 0) is 51.1 Å². The van der Waals surface area contributed by atoms with Crippen molar-refractivity contribution < 1.29 is 14.3 Å². The van der Waals surface area contributed by atoms with Gasteiger partial charge in [-0.1, -0.05) is 12.1 Å². The number of carbonyl (C=O) groups excluding carboxylic acids is 1. The molecule has 2 heterocycles. The molecule has 7 heteroatoms. The number of benzene rings is 2. The van der Waals surface area contributed by atoms with Crippen LogP contribution in [0.25, 0.3) is 11.0 Å². The van der Waals surface area contributed by atoms with Crippen molar-refractivity contribution in [1.29, 1.82) is 0 Å². The van der Waals surface area contributed by atoms with Crippen LogP contribution in [-0.4, -0.2) is 47.7 Å². The largest absolute Gasteiger partial charge is 0.497 e. The van der Waals surface area contributed by atoms with Gasteiger partial charge in [0.1, 0.15) is 11.5 Å². The number of ether oxygens (including phenoxy) is 2. The maximum atomic E-state index is 13.7. The average molecular weight is 421 g/mol. The Labute approximate surface area is 182 Å². The monoisotopic (exact) mass is 420 g/mol. The van der Waals surface area contributed by atoms with Gasteiger partial charge in [-0.15, -0.1) is 0 Å². The van der Waals surface area contributed by atoms with Crippen LogP contribution in [-0.2, 0) is 4.79 Å². The SMILES string of the molecule is CCN(CC)C(=O)C1=C(C)Nc2nc3ccccc3n2[C@@H]1c1cc(OC)ccc1OC. The molecular weight excluding hydrogens is 392 g/mol. The van der Waals surface area contributed by atoms with Gasteiger partial charge in [0.15, 0.2) is 0 Å². The van der Waals surface area contributed by atoms with Gasteiger partial charge in [-0.25, -0.2) is 4.98 Å².